The second-order valence-electron chi connectivity index (χ2n) is 6.12. The van der Waals surface area contributed by atoms with E-state index in [1.807, 2.05) is 39.8 Å². The average Bonchev–Trinajstić information content (AvgIpc) is 3.22. The van der Waals surface area contributed by atoms with Gasteiger partial charge in [-0.2, -0.15) is 0 Å². The number of hydrogen-bond acceptors (Lipinski definition) is 4. The number of aryl methyl sites for hydroxylation is 2. The molecule has 1 atom stereocenters. The molecule has 2 aromatic heterocycles. The molecule has 0 saturated heterocycles. The van der Waals surface area contributed by atoms with E-state index in [0.29, 0.717) is 18.8 Å². The number of furan rings is 2. The van der Waals surface area contributed by atoms with Crippen LogP contribution in [0.25, 0.3) is 0 Å². The predicted molar refractivity (Wildman–Crippen MR) is 101 cm³/mol. The third-order valence-corrected chi connectivity index (χ3v) is 3.84. The van der Waals surface area contributed by atoms with Crippen molar-refractivity contribution in [3.8, 4) is 0 Å². The van der Waals surface area contributed by atoms with E-state index in [-0.39, 0.29) is 11.9 Å². The summed E-state index contributed by atoms with van der Waals surface area (Å²) in [5, 5.41) is 9.38. The minimum absolute atomic E-state index is 0.0168. The number of guanidine groups is 1. The van der Waals surface area contributed by atoms with Crippen molar-refractivity contribution in [2.45, 2.75) is 40.2 Å². The molecule has 2 aromatic rings. The molecule has 142 valence electrons. The minimum atomic E-state index is -0.191. The lowest BCUT2D eigenvalue weighted by Crippen LogP contribution is -2.38. The van der Waals surface area contributed by atoms with Gasteiger partial charge in [-0.15, -0.1) is 0 Å². The van der Waals surface area contributed by atoms with Gasteiger partial charge >= 0.3 is 0 Å². The van der Waals surface area contributed by atoms with E-state index in [4.69, 9.17) is 8.83 Å². The Morgan fingerprint density at radius 3 is 2.65 bits per heavy atom. The summed E-state index contributed by atoms with van der Waals surface area (Å²) >= 11 is 0. The molecule has 26 heavy (non-hydrogen) atoms. The number of carbonyl (C=O) groups excluding carboxylic acids is 1. The maximum absolute atomic E-state index is 12.0. The van der Waals surface area contributed by atoms with Crippen molar-refractivity contribution in [2.24, 2.45) is 4.99 Å². The fourth-order valence-corrected chi connectivity index (χ4v) is 2.44. The monoisotopic (exact) mass is 360 g/mol. The molecule has 1 unspecified atom stereocenters. The Balaban J connectivity index is 1.77. The number of amides is 1. The average molecular weight is 360 g/mol. The Morgan fingerprint density at radius 2 is 2.04 bits per heavy atom. The van der Waals surface area contributed by atoms with Gasteiger partial charge in [0.2, 0.25) is 0 Å². The highest BCUT2D eigenvalue weighted by Gasteiger charge is 2.12. The Kier molecular flexibility index (Phi) is 7.32. The second-order valence-corrected chi connectivity index (χ2v) is 6.12. The van der Waals surface area contributed by atoms with Gasteiger partial charge in [0.05, 0.1) is 12.3 Å². The van der Waals surface area contributed by atoms with Crippen LogP contribution in [0.3, 0.4) is 0 Å². The van der Waals surface area contributed by atoms with E-state index in [0.717, 1.165) is 36.0 Å². The number of nitrogens with zero attached hydrogens (tertiary/aromatic N) is 1. The molecular formula is C19H28N4O3. The Hall–Kier alpha value is -2.70. The number of carbonyl (C=O) groups is 1. The van der Waals surface area contributed by atoms with E-state index in [2.05, 4.69) is 20.9 Å². The summed E-state index contributed by atoms with van der Waals surface area (Å²) in [6.45, 7) is 9.71. The molecule has 3 N–H and O–H groups in total. The van der Waals surface area contributed by atoms with Crippen LogP contribution in [0.15, 0.2) is 38.3 Å². The lowest BCUT2D eigenvalue weighted by atomic mass is 10.2. The fourth-order valence-electron chi connectivity index (χ4n) is 2.44. The van der Waals surface area contributed by atoms with Crippen molar-refractivity contribution in [1.29, 1.82) is 0 Å². The standard InChI is InChI=1S/C19H28N4O3/c1-5-20-19(23-15(4)16-8-7-14(3)26-16)22-11-6-10-21-18(24)17-13(2)9-12-25-17/h7-9,12,15H,5-6,10-11H2,1-4H3,(H,21,24)(H2,20,22,23). The molecule has 0 saturated carbocycles. The minimum Gasteiger partial charge on any atom is -0.464 e. The molecule has 0 aliphatic heterocycles. The van der Waals surface area contributed by atoms with E-state index in [9.17, 15) is 4.79 Å². The van der Waals surface area contributed by atoms with Crippen LogP contribution < -0.4 is 16.0 Å². The van der Waals surface area contributed by atoms with Crippen LogP contribution in [-0.4, -0.2) is 31.5 Å². The number of aliphatic imine (C=N–C) groups is 1. The summed E-state index contributed by atoms with van der Waals surface area (Å²) in [6, 6.07) is 5.70. The van der Waals surface area contributed by atoms with Crippen LogP contribution >= 0.6 is 0 Å². The third kappa shape index (κ3) is 5.68. The van der Waals surface area contributed by atoms with Gasteiger partial charge in [0.1, 0.15) is 11.5 Å². The van der Waals surface area contributed by atoms with Crippen LogP contribution in [0, 0.1) is 13.8 Å². The zero-order chi connectivity index (χ0) is 18.9. The summed E-state index contributed by atoms with van der Waals surface area (Å²) in [6.07, 6.45) is 2.25. The van der Waals surface area contributed by atoms with Gasteiger partial charge in [0.15, 0.2) is 11.7 Å². The molecule has 0 bridgehead atoms. The van der Waals surface area contributed by atoms with Gasteiger partial charge in [-0.1, -0.05) is 0 Å². The molecule has 0 radical (unpaired) electrons. The molecule has 7 nitrogen and oxygen atoms in total. The topological polar surface area (TPSA) is 91.8 Å². The molecule has 2 rings (SSSR count). The van der Waals surface area contributed by atoms with Crippen molar-refractivity contribution in [2.75, 3.05) is 19.6 Å². The smallest absolute Gasteiger partial charge is 0.287 e. The first kappa shape index (κ1) is 19.6. The summed E-state index contributed by atoms with van der Waals surface area (Å²) in [5.41, 5.74) is 0.835. The van der Waals surface area contributed by atoms with Gasteiger partial charge in [0.25, 0.3) is 5.91 Å². The van der Waals surface area contributed by atoms with Gasteiger partial charge in [-0.05, 0) is 52.3 Å². The van der Waals surface area contributed by atoms with Gasteiger partial charge in [-0.25, -0.2) is 0 Å². The molecule has 2 heterocycles. The fraction of sp³-hybridized carbons (Fsp3) is 0.474. The summed E-state index contributed by atoms with van der Waals surface area (Å²) < 4.78 is 10.8. The van der Waals surface area contributed by atoms with Gasteiger partial charge < -0.3 is 24.8 Å². The highest BCUT2D eigenvalue weighted by Crippen LogP contribution is 2.15. The van der Waals surface area contributed by atoms with Crippen molar-refractivity contribution in [3.63, 3.8) is 0 Å². The number of hydrogen-bond donors (Lipinski definition) is 3. The normalized spacial score (nSPS) is 12.7. The zero-order valence-corrected chi connectivity index (χ0v) is 15.9. The maximum Gasteiger partial charge on any atom is 0.287 e. The molecule has 0 aromatic carbocycles. The molecule has 0 aliphatic carbocycles. The lowest BCUT2D eigenvalue weighted by Gasteiger charge is -2.16. The first-order valence-corrected chi connectivity index (χ1v) is 8.94. The van der Waals surface area contributed by atoms with E-state index in [1.165, 1.54) is 6.26 Å². The Labute approximate surface area is 154 Å². The van der Waals surface area contributed by atoms with Crippen molar-refractivity contribution < 1.29 is 13.6 Å². The van der Waals surface area contributed by atoms with Crippen LogP contribution in [0.2, 0.25) is 0 Å². The highest BCUT2D eigenvalue weighted by atomic mass is 16.3. The third-order valence-electron chi connectivity index (χ3n) is 3.84. The summed E-state index contributed by atoms with van der Waals surface area (Å²) in [4.78, 5) is 16.5. The van der Waals surface area contributed by atoms with E-state index in [1.54, 1.807) is 6.07 Å². The molecule has 0 spiro atoms. The second kappa shape index (κ2) is 9.70. The predicted octanol–water partition coefficient (Wildman–Crippen LogP) is 2.93. The zero-order valence-electron chi connectivity index (χ0n) is 15.9. The first-order chi connectivity index (χ1) is 12.5. The molecule has 0 aliphatic rings. The highest BCUT2D eigenvalue weighted by molar-refractivity contribution is 5.92. The molecule has 1 amide bonds. The van der Waals surface area contributed by atoms with Crippen molar-refractivity contribution in [3.05, 3.63) is 47.3 Å². The molecular weight excluding hydrogens is 332 g/mol. The lowest BCUT2D eigenvalue weighted by molar-refractivity contribution is 0.0925. The van der Waals surface area contributed by atoms with E-state index < -0.39 is 0 Å². The summed E-state index contributed by atoms with van der Waals surface area (Å²) in [7, 11) is 0. The van der Waals surface area contributed by atoms with Crippen LogP contribution in [-0.2, 0) is 0 Å². The van der Waals surface area contributed by atoms with Crippen LogP contribution in [0.4, 0.5) is 0 Å². The SMILES string of the molecule is CCNC(=NCCCNC(=O)c1occc1C)NC(C)c1ccc(C)o1. The number of rotatable bonds is 8. The first-order valence-electron chi connectivity index (χ1n) is 8.94. The Bertz CT molecular complexity index is 733. The van der Waals surface area contributed by atoms with Crippen molar-refractivity contribution >= 4 is 11.9 Å². The number of nitrogens with one attached hydrogen (secondary N) is 3. The van der Waals surface area contributed by atoms with Gasteiger partial charge in [-0.3, -0.25) is 9.79 Å². The van der Waals surface area contributed by atoms with Crippen LogP contribution in [0.5, 0.6) is 0 Å². The van der Waals surface area contributed by atoms with Crippen LogP contribution in [0.1, 0.15) is 53.9 Å². The van der Waals surface area contributed by atoms with Gasteiger partial charge in [0, 0.05) is 25.2 Å². The largest absolute Gasteiger partial charge is 0.464 e. The molecule has 7 heteroatoms. The van der Waals surface area contributed by atoms with E-state index >= 15 is 0 Å². The summed E-state index contributed by atoms with van der Waals surface area (Å²) in [5.74, 6) is 2.66. The Morgan fingerprint density at radius 1 is 1.23 bits per heavy atom. The maximum atomic E-state index is 12.0. The molecule has 0 fully saturated rings. The van der Waals surface area contributed by atoms with Crippen molar-refractivity contribution in [1.82, 2.24) is 16.0 Å². The quantitative estimate of drug-likeness (QED) is 0.382.